The zero-order valence-electron chi connectivity index (χ0n) is 15.3. The third-order valence-corrected chi connectivity index (χ3v) is 4.65. The van der Waals surface area contributed by atoms with Crippen LogP contribution in [0.5, 0.6) is 0 Å². The Bertz CT molecular complexity index is 805. The zero-order chi connectivity index (χ0) is 20.1. The van der Waals surface area contributed by atoms with Crippen molar-refractivity contribution < 1.29 is 18.4 Å². The minimum atomic E-state index is -0.967. The Balaban J connectivity index is 2.14. The van der Waals surface area contributed by atoms with Crippen LogP contribution in [0.15, 0.2) is 46.9 Å². The maximum absolute atomic E-state index is 13.8. The second-order valence-electron chi connectivity index (χ2n) is 6.61. The van der Waals surface area contributed by atoms with E-state index in [9.17, 15) is 18.4 Å². The number of hydrogen-bond donors (Lipinski definition) is 1. The first-order valence-electron chi connectivity index (χ1n) is 8.45. The highest BCUT2D eigenvalue weighted by Crippen LogP contribution is 2.16. The monoisotopic (exact) mass is 438 g/mol. The van der Waals surface area contributed by atoms with Crippen molar-refractivity contribution in [2.75, 3.05) is 7.05 Å². The number of likely N-dealkylation sites (N-methyl/N-ethyl adjacent to an activating group) is 1. The number of rotatable bonds is 6. The van der Waals surface area contributed by atoms with E-state index < -0.39 is 29.1 Å². The summed E-state index contributed by atoms with van der Waals surface area (Å²) >= 11 is 3.35. The van der Waals surface area contributed by atoms with Crippen molar-refractivity contribution in [1.29, 1.82) is 0 Å². The summed E-state index contributed by atoms with van der Waals surface area (Å²) in [6.45, 7) is 3.86. The fourth-order valence-electron chi connectivity index (χ4n) is 2.62. The number of nitrogens with one attached hydrogen (secondary N) is 1. The van der Waals surface area contributed by atoms with Crippen LogP contribution >= 0.6 is 15.9 Å². The van der Waals surface area contributed by atoms with E-state index >= 15 is 0 Å². The molecular weight excluding hydrogens is 418 g/mol. The van der Waals surface area contributed by atoms with Crippen LogP contribution in [0.3, 0.4) is 0 Å². The molecule has 0 heterocycles. The number of nitrogens with zero attached hydrogens (tertiary/aromatic N) is 1. The van der Waals surface area contributed by atoms with E-state index in [1.54, 1.807) is 20.9 Å². The first kappa shape index (κ1) is 21.0. The lowest BCUT2D eigenvalue weighted by molar-refractivity contribution is -0.133. The van der Waals surface area contributed by atoms with E-state index in [1.807, 2.05) is 24.3 Å². The zero-order valence-corrected chi connectivity index (χ0v) is 16.9. The largest absolute Gasteiger partial charge is 0.340 e. The molecule has 0 bridgehead atoms. The number of hydrogen-bond acceptors (Lipinski definition) is 2. The van der Waals surface area contributed by atoms with Gasteiger partial charge in [0.2, 0.25) is 5.91 Å². The molecule has 0 saturated carbocycles. The Kier molecular flexibility index (Phi) is 7.07. The number of amides is 2. The second-order valence-corrected chi connectivity index (χ2v) is 7.53. The molecule has 27 heavy (non-hydrogen) atoms. The van der Waals surface area contributed by atoms with Gasteiger partial charge in [0.05, 0.1) is 0 Å². The van der Waals surface area contributed by atoms with Gasteiger partial charge in [-0.25, -0.2) is 8.78 Å². The lowest BCUT2D eigenvalue weighted by Gasteiger charge is -2.27. The number of carbonyl (C=O) groups excluding carboxylic acids is 2. The molecule has 144 valence electrons. The molecule has 2 aromatic rings. The summed E-state index contributed by atoms with van der Waals surface area (Å²) in [6.07, 6.45) is 0. The van der Waals surface area contributed by atoms with Gasteiger partial charge in [0, 0.05) is 18.1 Å². The summed E-state index contributed by atoms with van der Waals surface area (Å²) in [5.41, 5.74) is 0.231. The van der Waals surface area contributed by atoms with Crippen molar-refractivity contribution in [3.05, 3.63) is 69.7 Å². The predicted octanol–water partition coefficient (Wildman–Crippen LogP) is 4.14. The molecule has 2 rings (SSSR count). The Hall–Kier alpha value is -2.28. The van der Waals surface area contributed by atoms with Crippen LogP contribution in [0.25, 0.3) is 0 Å². The third-order valence-electron chi connectivity index (χ3n) is 4.12. The van der Waals surface area contributed by atoms with Crippen LogP contribution in [0, 0.1) is 17.6 Å². The highest BCUT2D eigenvalue weighted by atomic mass is 79.9. The molecule has 0 aliphatic rings. The number of carbonyl (C=O) groups is 2. The molecule has 0 aliphatic heterocycles. The Morgan fingerprint density at radius 1 is 1.07 bits per heavy atom. The van der Waals surface area contributed by atoms with Gasteiger partial charge in [0.15, 0.2) is 0 Å². The van der Waals surface area contributed by atoms with E-state index in [1.165, 1.54) is 11.0 Å². The van der Waals surface area contributed by atoms with E-state index in [0.717, 1.165) is 22.2 Å². The van der Waals surface area contributed by atoms with Gasteiger partial charge in [0.1, 0.15) is 23.2 Å². The van der Waals surface area contributed by atoms with Gasteiger partial charge in [-0.1, -0.05) is 48.0 Å². The van der Waals surface area contributed by atoms with Crippen LogP contribution in [-0.4, -0.2) is 29.8 Å². The fraction of sp³-hybridized carbons (Fsp3) is 0.300. The standard InChI is InChI=1S/C20H21BrF2N2O2/c1-12(2)18(24-19(26)17-15(22)5-4-6-16(17)23)20(27)25(3)11-13-7-9-14(21)10-8-13/h4-10,12,18H,11H2,1-3H3,(H,24,26). The quantitative estimate of drug-likeness (QED) is 0.736. The molecule has 0 aliphatic carbocycles. The van der Waals surface area contributed by atoms with Gasteiger partial charge in [-0.3, -0.25) is 9.59 Å². The summed E-state index contributed by atoms with van der Waals surface area (Å²) in [6, 6.07) is 9.78. The van der Waals surface area contributed by atoms with E-state index in [0.29, 0.717) is 6.54 Å². The van der Waals surface area contributed by atoms with Crippen LogP contribution in [0.4, 0.5) is 8.78 Å². The molecule has 0 saturated heterocycles. The molecule has 1 atom stereocenters. The average molecular weight is 439 g/mol. The fourth-order valence-corrected chi connectivity index (χ4v) is 2.89. The van der Waals surface area contributed by atoms with Crippen molar-refractivity contribution in [3.8, 4) is 0 Å². The molecule has 0 radical (unpaired) electrons. The van der Waals surface area contributed by atoms with Crippen LogP contribution in [-0.2, 0) is 11.3 Å². The smallest absolute Gasteiger partial charge is 0.257 e. The summed E-state index contributed by atoms with van der Waals surface area (Å²) in [5.74, 6) is -3.48. The van der Waals surface area contributed by atoms with E-state index in [-0.39, 0.29) is 11.8 Å². The minimum absolute atomic E-state index is 0.261. The molecule has 4 nitrogen and oxygen atoms in total. The highest BCUT2D eigenvalue weighted by Gasteiger charge is 2.29. The molecule has 2 amide bonds. The third kappa shape index (κ3) is 5.35. The summed E-state index contributed by atoms with van der Waals surface area (Å²) in [5, 5.41) is 2.47. The molecule has 1 unspecified atom stereocenters. The molecule has 0 aromatic heterocycles. The van der Waals surface area contributed by atoms with Crippen molar-refractivity contribution >= 4 is 27.7 Å². The maximum atomic E-state index is 13.8. The van der Waals surface area contributed by atoms with Gasteiger partial charge in [-0.2, -0.15) is 0 Å². The Labute approximate surface area is 165 Å². The highest BCUT2D eigenvalue weighted by molar-refractivity contribution is 9.10. The molecule has 0 spiro atoms. The number of halogens is 3. The minimum Gasteiger partial charge on any atom is -0.340 e. The topological polar surface area (TPSA) is 49.4 Å². The lowest BCUT2D eigenvalue weighted by Crippen LogP contribution is -2.50. The average Bonchev–Trinajstić information content (AvgIpc) is 2.60. The summed E-state index contributed by atoms with van der Waals surface area (Å²) in [7, 11) is 1.62. The Morgan fingerprint density at radius 2 is 1.63 bits per heavy atom. The SMILES string of the molecule is CC(C)C(NC(=O)c1c(F)cccc1F)C(=O)N(C)Cc1ccc(Br)cc1. The summed E-state index contributed by atoms with van der Waals surface area (Å²) < 4.78 is 28.6. The van der Waals surface area contributed by atoms with Crippen LogP contribution in [0.2, 0.25) is 0 Å². The normalized spacial score (nSPS) is 12.0. The van der Waals surface area contributed by atoms with Crippen LogP contribution in [0.1, 0.15) is 29.8 Å². The molecule has 0 fully saturated rings. The predicted molar refractivity (Wildman–Crippen MR) is 103 cm³/mol. The van der Waals surface area contributed by atoms with E-state index in [4.69, 9.17) is 0 Å². The van der Waals surface area contributed by atoms with Crippen molar-refractivity contribution in [2.24, 2.45) is 5.92 Å². The van der Waals surface area contributed by atoms with Gasteiger partial charge in [-0.05, 0) is 35.7 Å². The van der Waals surface area contributed by atoms with Crippen molar-refractivity contribution in [3.63, 3.8) is 0 Å². The molecular formula is C20H21BrF2N2O2. The first-order valence-corrected chi connectivity index (χ1v) is 9.24. The van der Waals surface area contributed by atoms with E-state index in [2.05, 4.69) is 21.2 Å². The second kappa shape index (κ2) is 9.08. The first-order chi connectivity index (χ1) is 12.7. The molecule has 1 N–H and O–H groups in total. The van der Waals surface area contributed by atoms with Gasteiger partial charge < -0.3 is 10.2 Å². The van der Waals surface area contributed by atoms with Gasteiger partial charge in [-0.15, -0.1) is 0 Å². The van der Waals surface area contributed by atoms with Gasteiger partial charge >= 0.3 is 0 Å². The lowest BCUT2D eigenvalue weighted by atomic mass is 10.0. The van der Waals surface area contributed by atoms with Crippen molar-refractivity contribution in [1.82, 2.24) is 10.2 Å². The van der Waals surface area contributed by atoms with Crippen LogP contribution < -0.4 is 5.32 Å². The summed E-state index contributed by atoms with van der Waals surface area (Å²) in [4.78, 5) is 26.6. The van der Waals surface area contributed by atoms with Crippen molar-refractivity contribution in [2.45, 2.75) is 26.4 Å². The maximum Gasteiger partial charge on any atom is 0.257 e. The number of benzene rings is 2. The molecule has 7 heteroatoms. The Morgan fingerprint density at radius 3 is 2.15 bits per heavy atom. The van der Waals surface area contributed by atoms with Gasteiger partial charge in [0.25, 0.3) is 5.91 Å². The molecule has 2 aromatic carbocycles.